The molecule has 0 saturated heterocycles. The summed E-state index contributed by atoms with van der Waals surface area (Å²) in [5.41, 5.74) is -1.19. The molecule has 0 aliphatic carbocycles. The SMILES string of the molecule is CS(C)(=O)=Nc1cnc(Cl)c(C(F)(F)F)c1. The molecule has 0 aromatic carbocycles. The van der Waals surface area contributed by atoms with Gasteiger partial charge in [0.15, 0.2) is 0 Å². The van der Waals surface area contributed by atoms with Crippen molar-refractivity contribution in [2.75, 3.05) is 12.5 Å². The van der Waals surface area contributed by atoms with Crippen molar-refractivity contribution in [1.29, 1.82) is 0 Å². The number of hydrogen-bond donors (Lipinski definition) is 0. The normalized spacial score (nSPS) is 12.6. The van der Waals surface area contributed by atoms with Crippen LogP contribution in [0.5, 0.6) is 0 Å². The van der Waals surface area contributed by atoms with Crippen LogP contribution in [0.3, 0.4) is 0 Å². The van der Waals surface area contributed by atoms with E-state index in [0.717, 1.165) is 12.3 Å². The average Bonchev–Trinajstić information content (AvgIpc) is 2.04. The van der Waals surface area contributed by atoms with E-state index in [1.807, 2.05) is 0 Å². The summed E-state index contributed by atoms with van der Waals surface area (Å²) in [6.45, 7) is 0. The third-order valence-electron chi connectivity index (χ3n) is 1.46. The lowest BCUT2D eigenvalue weighted by Gasteiger charge is -2.08. The zero-order valence-corrected chi connectivity index (χ0v) is 9.95. The van der Waals surface area contributed by atoms with Gasteiger partial charge in [0, 0.05) is 22.2 Å². The third kappa shape index (κ3) is 3.64. The first kappa shape index (κ1) is 13.2. The average molecular weight is 273 g/mol. The van der Waals surface area contributed by atoms with Gasteiger partial charge in [0.25, 0.3) is 0 Å². The summed E-state index contributed by atoms with van der Waals surface area (Å²) in [6.07, 6.45) is -0.925. The number of nitrogens with zero attached hydrogens (tertiary/aromatic N) is 2. The molecule has 0 amide bonds. The Morgan fingerprint density at radius 1 is 1.44 bits per heavy atom. The van der Waals surface area contributed by atoms with Crippen molar-refractivity contribution in [2.45, 2.75) is 6.18 Å². The van der Waals surface area contributed by atoms with Crippen molar-refractivity contribution in [3.8, 4) is 0 Å². The second-order valence-electron chi connectivity index (χ2n) is 3.30. The largest absolute Gasteiger partial charge is 0.419 e. The molecule has 0 unspecified atom stereocenters. The van der Waals surface area contributed by atoms with Crippen molar-refractivity contribution in [1.82, 2.24) is 4.98 Å². The fraction of sp³-hybridized carbons (Fsp3) is 0.375. The summed E-state index contributed by atoms with van der Waals surface area (Å²) in [4.78, 5) is 3.36. The molecule has 1 rings (SSSR count). The van der Waals surface area contributed by atoms with Gasteiger partial charge in [-0.15, -0.1) is 0 Å². The van der Waals surface area contributed by atoms with Crippen molar-refractivity contribution in [3.63, 3.8) is 0 Å². The predicted molar refractivity (Wildman–Crippen MR) is 56.3 cm³/mol. The van der Waals surface area contributed by atoms with Crippen LogP contribution >= 0.6 is 11.6 Å². The Labute approximate surface area is 95.8 Å². The van der Waals surface area contributed by atoms with Crippen LogP contribution in [0, 0.1) is 0 Å². The number of pyridine rings is 1. The van der Waals surface area contributed by atoms with Crippen LogP contribution in [-0.4, -0.2) is 21.7 Å². The summed E-state index contributed by atoms with van der Waals surface area (Å²) < 4.78 is 52.2. The number of halogens is 4. The van der Waals surface area contributed by atoms with Gasteiger partial charge in [-0.05, 0) is 6.07 Å². The van der Waals surface area contributed by atoms with Gasteiger partial charge in [0.05, 0.1) is 17.4 Å². The van der Waals surface area contributed by atoms with E-state index in [2.05, 4.69) is 9.35 Å². The molecule has 1 aromatic rings. The lowest BCUT2D eigenvalue weighted by molar-refractivity contribution is -0.137. The van der Waals surface area contributed by atoms with E-state index in [0.29, 0.717) is 0 Å². The monoisotopic (exact) mass is 272 g/mol. The Morgan fingerprint density at radius 2 is 2.00 bits per heavy atom. The molecular formula is C8H8ClF3N2OS. The van der Waals surface area contributed by atoms with Crippen LogP contribution in [0.2, 0.25) is 5.15 Å². The van der Waals surface area contributed by atoms with E-state index in [1.165, 1.54) is 12.5 Å². The van der Waals surface area contributed by atoms with Gasteiger partial charge in [0.1, 0.15) is 5.15 Å². The van der Waals surface area contributed by atoms with Crippen LogP contribution in [0.1, 0.15) is 5.56 Å². The van der Waals surface area contributed by atoms with Gasteiger partial charge in [-0.3, -0.25) is 0 Å². The maximum atomic E-state index is 12.4. The molecule has 0 aliphatic rings. The molecule has 0 bridgehead atoms. The van der Waals surface area contributed by atoms with Crippen molar-refractivity contribution >= 4 is 27.0 Å². The standard InChI is InChI=1S/C8H8ClF3N2OS/c1-16(2,15)14-5-3-6(8(10,11)12)7(9)13-4-5/h3-4H,1-2H3. The highest BCUT2D eigenvalue weighted by molar-refractivity contribution is 7.92. The van der Waals surface area contributed by atoms with Gasteiger partial charge in [0.2, 0.25) is 0 Å². The van der Waals surface area contributed by atoms with Crippen LogP contribution in [0.25, 0.3) is 0 Å². The smallest absolute Gasteiger partial charge is 0.250 e. The molecule has 0 N–H and O–H groups in total. The second-order valence-corrected chi connectivity index (χ2v) is 6.21. The maximum Gasteiger partial charge on any atom is 0.419 e. The molecule has 0 saturated carbocycles. The highest BCUT2D eigenvalue weighted by Gasteiger charge is 2.34. The molecular weight excluding hydrogens is 265 g/mol. The first-order chi connectivity index (χ1) is 7.09. The predicted octanol–water partition coefficient (Wildman–Crippen LogP) is 3.11. The molecule has 0 spiro atoms. The molecule has 1 heterocycles. The third-order valence-corrected chi connectivity index (χ3v) is 2.41. The molecule has 0 radical (unpaired) electrons. The molecule has 1 aromatic heterocycles. The van der Waals surface area contributed by atoms with E-state index >= 15 is 0 Å². The summed E-state index contributed by atoms with van der Waals surface area (Å²) >= 11 is 5.31. The maximum absolute atomic E-state index is 12.4. The van der Waals surface area contributed by atoms with Crippen molar-refractivity contribution < 1.29 is 17.4 Å². The van der Waals surface area contributed by atoms with Crippen LogP contribution < -0.4 is 0 Å². The fourth-order valence-corrected chi connectivity index (χ4v) is 1.76. The molecule has 90 valence electrons. The van der Waals surface area contributed by atoms with Gasteiger partial charge in [-0.1, -0.05) is 11.6 Å². The summed E-state index contributed by atoms with van der Waals surface area (Å²) in [7, 11) is -2.53. The van der Waals surface area contributed by atoms with Crippen LogP contribution in [-0.2, 0) is 15.9 Å². The summed E-state index contributed by atoms with van der Waals surface area (Å²) in [5.74, 6) is 0. The van der Waals surface area contributed by atoms with Crippen LogP contribution in [0.15, 0.2) is 16.6 Å². The highest BCUT2D eigenvalue weighted by Crippen LogP contribution is 2.35. The Bertz CT molecular complexity index is 513. The van der Waals surface area contributed by atoms with E-state index in [9.17, 15) is 17.4 Å². The molecule has 8 heteroatoms. The summed E-state index contributed by atoms with van der Waals surface area (Å²) in [5, 5.41) is -0.648. The van der Waals surface area contributed by atoms with Gasteiger partial charge < -0.3 is 0 Å². The lowest BCUT2D eigenvalue weighted by Crippen LogP contribution is -2.06. The Balaban J connectivity index is 3.35. The highest BCUT2D eigenvalue weighted by atomic mass is 35.5. The fourth-order valence-electron chi connectivity index (χ4n) is 0.940. The molecule has 0 atom stereocenters. The minimum atomic E-state index is -4.60. The zero-order valence-electron chi connectivity index (χ0n) is 8.38. The van der Waals surface area contributed by atoms with Crippen molar-refractivity contribution in [3.05, 3.63) is 23.0 Å². The summed E-state index contributed by atoms with van der Waals surface area (Å²) in [6, 6.07) is 0.724. The number of rotatable bonds is 1. The molecule has 3 nitrogen and oxygen atoms in total. The Kier molecular flexibility index (Phi) is 3.49. The first-order valence-corrected chi connectivity index (χ1v) is 6.70. The minimum Gasteiger partial charge on any atom is -0.250 e. The molecule has 16 heavy (non-hydrogen) atoms. The minimum absolute atomic E-state index is 0.105. The van der Waals surface area contributed by atoms with E-state index in [4.69, 9.17) is 11.6 Å². The Morgan fingerprint density at radius 3 is 2.44 bits per heavy atom. The Hall–Kier alpha value is -0.820. The van der Waals surface area contributed by atoms with E-state index in [-0.39, 0.29) is 5.69 Å². The first-order valence-electron chi connectivity index (χ1n) is 3.99. The quantitative estimate of drug-likeness (QED) is 0.737. The van der Waals surface area contributed by atoms with Gasteiger partial charge in [-0.2, -0.15) is 17.5 Å². The number of hydrogen-bond acceptors (Lipinski definition) is 3. The number of aromatic nitrogens is 1. The van der Waals surface area contributed by atoms with Crippen LogP contribution in [0.4, 0.5) is 18.9 Å². The van der Waals surface area contributed by atoms with E-state index < -0.39 is 26.6 Å². The van der Waals surface area contributed by atoms with E-state index in [1.54, 1.807) is 0 Å². The zero-order chi connectivity index (χ0) is 12.6. The second kappa shape index (κ2) is 4.21. The lowest BCUT2D eigenvalue weighted by atomic mass is 10.2. The van der Waals surface area contributed by atoms with Gasteiger partial charge >= 0.3 is 6.18 Å². The molecule has 0 aliphatic heterocycles. The topological polar surface area (TPSA) is 42.3 Å². The van der Waals surface area contributed by atoms with Crippen molar-refractivity contribution in [2.24, 2.45) is 4.36 Å². The number of alkyl halides is 3. The molecule has 0 fully saturated rings. The van der Waals surface area contributed by atoms with Gasteiger partial charge in [-0.25, -0.2) is 9.19 Å².